The molecular weight excluding hydrogens is 266 g/mol. The fourth-order valence-corrected chi connectivity index (χ4v) is 4.21. The minimum absolute atomic E-state index is 0.210. The van der Waals surface area contributed by atoms with E-state index in [1.54, 1.807) is 11.3 Å². The average molecular weight is 293 g/mol. The minimum Gasteiger partial charge on any atom is -0.339 e. The van der Waals surface area contributed by atoms with Crippen molar-refractivity contribution in [2.45, 2.75) is 53.9 Å². The SMILES string of the molecule is CCN(CC)C(=O)c1cc2c(s1)CCC(C(C)(C)C)C2. The molecule has 0 N–H and O–H groups in total. The zero-order chi connectivity index (χ0) is 14.9. The first-order chi connectivity index (χ1) is 9.36. The molecule has 1 aromatic heterocycles. The normalized spacial score (nSPS) is 18.8. The lowest BCUT2D eigenvalue weighted by molar-refractivity contribution is 0.0777. The highest BCUT2D eigenvalue weighted by atomic mass is 32.1. The molecule has 112 valence electrons. The first kappa shape index (κ1) is 15.6. The van der Waals surface area contributed by atoms with Crippen LogP contribution in [0.1, 0.15) is 61.2 Å². The van der Waals surface area contributed by atoms with Gasteiger partial charge in [-0.15, -0.1) is 11.3 Å². The second kappa shape index (κ2) is 5.88. The number of carbonyl (C=O) groups excluding carboxylic acids is 1. The van der Waals surface area contributed by atoms with Gasteiger partial charge in [0, 0.05) is 18.0 Å². The van der Waals surface area contributed by atoms with Gasteiger partial charge in [0.05, 0.1) is 4.88 Å². The Labute approximate surface area is 127 Å². The van der Waals surface area contributed by atoms with Crippen LogP contribution in [0.15, 0.2) is 6.07 Å². The molecule has 2 rings (SSSR count). The predicted octanol–water partition coefficient (Wildman–Crippen LogP) is 4.38. The molecule has 0 aromatic carbocycles. The third-order valence-electron chi connectivity index (χ3n) is 4.57. The molecule has 0 saturated carbocycles. The zero-order valence-electron chi connectivity index (χ0n) is 13.5. The third kappa shape index (κ3) is 3.08. The lowest BCUT2D eigenvalue weighted by atomic mass is 9.72. The van der Waals surface area contributed by atoms with Gasteiger partial charge in [-0.05, 0) is 56.1 Å². The molecule has 1 atom stereocenters. The van der Waals surface area contributed by atoms with E-state index in [1.807, 2.05) is 18.7 Å². The molecule has 1 amide bonds. The highest BCUT2D eigenvalue weighted by Crippen LogP contribution is 2.40. The number of hydrogen-bond acceptors (Lipinski definition) is 2. The van der Waals surface area contributed by atoms with Gasteiger partial charge in [-0.1, -0.05) is 20.8 Å². The smallest absolute Gasteiger partial charge is 0.263 e. The Hall–Kier alpha value is -0.830. The van der Waals surface area contributed by atoms with Gasteiger partial charge in [0.1, 0.15) is 0 Å². The molecule has 3 heteroatoms. The van der Waals surface area contributed by atoms with Crippen molar-refractivity contribution in [1.82, 2.24) is 4.90 Å². The van der Waals surface area contributed by atoms with E-state index in [0.717, 1.165) is 36.7 Å². The number of aryl methyl sites for hydroxylation is 1. The number of fused-ring (bicyclic) bond motifs is 1. The molecule has 2 nitrogen and oxygen atoms in total. The van der Waals surface area contributed by atoms with Crippen molar-refractivity contribution in [3.8, 4) is 0 Å². The number of rotatable bonds is 3. The summed E-state index contributed by atoms with van der Waals surface area (Å²) in [5.74, 6) is 0.947. The molecule has 0 bridgehead atoms. The van der Waals surface area contributed by atoms with Crippen molar-refractivity contribution < 1.29 is 4.79 Å². The molecule has 0 fully saturated rings. The predicted molar refractivity (Wildman–Crippen MR) is 86.5 cm³/mol. The Morgan fingerprint density at radius 3 is 2.55 bits per heavy atom. The Morgan fingerprint density at radius 2 is 2.00 bits per heavy atom. The largest absolute Gasteiger partial charge is 0.339 e. The first-order valence-corrected chi connectivity index (χ1v) is 8.59. The van der Waals surface area contributed by atoms with Crippen LogP contribution in [0.25, 0.3) is 0 Å². The van der Waals surface area contributed by atoms with Gasteiger partial charge in [0.2, 0.25) is 0 Å². The number of thiophene rings is 1. The molecular formula is C17H27NOS. The zero-order valence-corrected chi connectivity index (χ0v) is 14.3. The second-order valence-electron chi connectivity index (χ2n) is 6.84. The summed E-state index contributed by atoms with van der Waals surface area (Å²) in [6.45, 7) is 12.7. The molecule has 1 heterocycles. The van der Waals surface area contributed by atoms with Gasteiger partial charge >= 0.3 is 0 Å². The van der Waals surface area contributed by atoms with Crippen molar-refractivity contribution >= 4 is 17.2 Å². The summed E-state index contributed by atoms with van der Waals surface area (Å²) in [7, 11) is 0. The fourth-order valence-electron chi connectivity index (χ4n) is 3.03. The lowest BCUT2D eigenvalue weighted by Gasteiger charge is -2.33. The van der Waals surface area contributed by atoms with Crippen molar-refractivity contribution in [2.75, 3.05) is 13.1 Å². The average Bonchev–Trinajstić information content (AvgIpc) is 2.81. The standard InChI is InChI=1S/C17H27NOS/c1-6-18(7-2)16(19)15-11-12-10-13(17(3,4)5)8-9-14(12)20-15/h11,13H,6-10H2,1-5H3. The van der Waals surface area contributed by atoms with Crippen molar-refractivity contribution in [3.63, 3.8) is 0 Å². The second-order valence-corrected chi connectivity index (χ2v) is 7.98. The summed E-state index contributed by atoms with van der Waals surface area (Å²) in [5, 5.41) is 0. The van der Waals surface area contributed by atoms with Gasteiger partial charge in [-0.25, -0.2) is 0 Å². The molecule has 0 spiro atoms. The molecule has 20 heavy (non-hydrogen) atoms. The number of carbonyl (C=O) groups is 1. The summed E-state index contributed by atoms with van der Waals surface area (Å²) < 4.78 is 0. The van der Waals surface area contributed by atoms with Gasteiger partial charge in [0.15, 0.2) is 0 Å². The summed E-state index contributed by atoms with van der Waals surface area (Å²) in [4.78, 5) is 16.7. The monoisotopic (exact) mass is 293 g/mol. The molecule has 1 aliphatic rings. The third-order valence-corrected chi connectivity index (χ3v) is 5.79. The quantitative estimate of drug-likeness (QED) is 0.810. The van der Waals surface area contributed by atoms with E-state index in [1.165, 1.54) is 16.9 Å². The van der Waals surface area contributed by atoms with Crippen molar-refractivity contribution in [1.29, 1.82) is 0 Å². The Kier molecular flexibility index (Phi) is 4.58. The Balaban J connectivity index is 2.19. The van der Waals surface area contributed by atoms with E-state index in [2.05, 4.69) is 26.8 Å². The van der Waals surface area contributed by atoms with Gasteiger partial charge in [-0.3, -0.25) is 4.79 Å². The fraction of sp³-hybridized carbons (Fsp3) is 0.706. The topological polar surface area (TPSA) is 20.3 Å². The summed E-state index contributed by atoms with van der Waals surface area (Å²) >= 11 is 1.72. The number of amides is 1. The summed E-state index contributed by atoms with van der Waals surface area (Å²) in [6, 6.07) is 2.17. The van der Waals surface area contributed by atoms with Gasteiger partial charge < -0.3 is 4.90 Å². The van der Waals surface area contributed by atoms with Crippen molar-refractivity contribution in [3.05, 3.63) is 21.4 Å². The van der Waals surface area contributed by atoms with Crippen LogP contribution in [0.5, 0.6) is 0 Å². The summed E-state index contributed by atoms with van der Waals surface area (Å²) in [5.41, 5.74) is 1.79. The van der Waals surface area contributed by atoms with Crippen LogP contribution < -0.4 is 0 Å². The van der Waals surface area contributed by atoms with E-state index in [9.17, 15) is 4.79 Å². The van der Waals surface area contributed by atoms with E-state index >= 15 is 0 Å². The van der Waals surface area contributed by atoms with Gasteiger partial charge in [0.25, 0.3) is 5.91 Å². The number of nitrogens with zero attached hydrogens (tertiary/aromatic N) is 1. The Bertz CT molecular complexity index is 480. The molecule has 1 unspecified atom stereocenters. The maximum Gasteiger partial charge on any atom is 0.263 e. The van der Waals surface area contributed by atoms with Crippen LogP contribution in [0.4, 0.5) is 0 Å². The maximum atomic E-state index is 12.4. The minimum atomic E-state index is 0.210. The molecule has 0 saturated heterocycles. The van der Waals surface area contributed by atoms with Crippen LogP contribution in [-0.4, -0.2) is 23.9 Å². The molecule has 0 aliphatic heterocycles. The van der Waals surface area contributed by atoms with Crippen LogP contribution >= 0.6 is 11.3 Å². The highest BCUT2D eigenvalue weighted by Gasteiger charge is 2.30. The first-order valence-electron chi connectivity index (χ1n) is 7.77. The van der Waals surface area contributed by atoms with Crippen LogP contribution in [-0.2, 0) is 12.8 Å². The lowest BCUT2D eigenvalue weighted by Crippen LogP contribution is -2.29. The van der Waals surface area contributed by atoms with Crippen molar-refractivity contribution in [2.24, 2.45) is 11.3 Å². The van der Waals surface area contributed by atoms with Gasteiger partial charge in [-0.2, -0.15) is 0 Å². The van der Waals surface area contributed by atoms with Crippen LogP contribution in [0.3, 0.4) is 0 Å². The van der Waals surface area contributed by atoms with Crippen LogP contribution in [0, 0.1) is 11.3 Å². The van der Waals surface area contributed by atoms with Crippen LogP contribution in [0.2, 0.25) is 0 Å². The highest BCUT2D eigenvalue weighted by molar-refractivity contribution is 7.14. The number of hydrogen-bond donors (Lipinski definition) is 0. The maximum absolute atomic E-state index is 12.4. The molecule has 1 aromatic rings. The van der Waals surface area contributed by atoms with E-state index in [4.69, 9.17) is 0 Å². The molecule has 0 radical (unpaired) electrons. The van der Waals surface area contributed by atoms with E-state index in [0.29, 0.717) is 5.41 Å². The van der Waals surface area contributed by atoms with E-state index in [-0.39, 0.29) is 5.91 Å². The summed E-state index contributed by atoms with van der Waals surface area (Å²) in [6.07, 6.45) is 3.55. The van der Waals surface area contributed by atoms with E-state index < -0.39 is 0 Å². The Morgan fingerprint density at radius 1 is 1.35 bits per heavy atom. The molecule has 1 aliphatic carbocycles.